The number of rotatable bonds is 5. The molecule has 0 saturated carbocycles. The molecule has 2 aliphatic heterocycles. The summed E-state index contributed by atoms with van der Waals surface area (Å²) in [6.45, 7) is 3.53. The lowest BCUT2D eigenvalue weighted by molar-refractivity contribution is -0.131. The smallest absolute Gasteiger partial charge is 0.315 e. The highest BCUT2D eigenvalue weighted by molar-refractivity contribution is 5.78. The summed E-state index contributed by atoms with van der Waals surface area (Å²) >= 11 is 0. The summed E-state index contributed by atoms with van der Waals surface area (Å²) < 4.78 is 2.18. The van der Waals surface area contributed by atoms with Gasteiger partial charge in [-0.05, 0) is 25.7 Å². The number of hydrogen-bond donors (Lipinski definition) is 2. The molecule has 3 heterocycles. The largest absolute Gasteiger partial charge is 0.343 e. The molecule has 0 spiro atoms. The van der Waals surface area contributed by atoms with Crippen LogP contribution in [0.4, 0.5) is 4.79 Å². The monoisotopic (exact) mass is 347 g/mol. The van der Waals surface area contributed by atoms with E-state index < -0.39 is 0 Å². The third kappa shape index (κ3) is 5.21. The molecule has 0 atom stereocenters. The van der Waals surface area contributed by atoms with Crippen LogP contribution in [0.25, 0.3) is 0 Å². The quantitative estimate of drug-likeness (QED) is 0.852. The molecule has 3 rings (SSSR count). The minimum Gasteiger partial charge on any atom is -0.343 e. The Morgan fingerprint density at radius 1 is 1.00 bits per heavy atom. The first-order valence-corrected chi connectivity index (χ1v) is 9.57. The molecule has 0 aromatic carbocycles. The number of likely N-dealkylation sites (tertiary alicyclic amines) is 1. The van der Waals surface area contributed by atoms with E-state index in [9.17, 15) is 9.59 Å². The summed E-state index contributed by atoms with van der Waals surface area (Å²) in [5.41, 5.74) is 0.896. The molecule has 0 radical (unpaired) electrons. The molecule has 7 nitrogen and oxygen atoms in total. The van der Waals surface area contributed by atoms with Crippen LogP contribution in [0.5, 0.6) is 0 Å². The van der Waals surface area contributed by atoms with E-state index in [1.807, 2.05) is 11.1 Å². The molecular weight excluding hydrogens is 318 g/mol. The molecule has 138 valence electrons. The Kier molecular flexibility index (Phi) is 6.30. The highest BCUT2D eigenvalue weighted by Gasteiger charge is 2.15. The van der Waals surface area contributed by atoms with Gasteiger partial charge in [0.05, 0.1) is 12.2 Å². The minimum atomic E-state index is -0.241. The molecule has 3 amide bonds. The molecule has 7 heteroatoms. The topological polar surface area (TPSA) is 79.3 Å². The van der Waals surface area contributed by atoms with E-state index in [1.54, 1.807) is 0 Å². The Bertz CT molecular complexity index is 567. The molecule has 25 heavy (non-hydrogen) atoms. The Balaban J connectivity index is 1.34. The lowest BCUT2D eigenvalue weighted by Gasteiger charge is -2.20. The first kappa shape index (κ1) is 17.8. The van der Waals surface area contributed by atoms with Crippen LogP contribution >= 0.6 is 0 Å². The lowest BCUT2D eigenvalue weighted by Crippen LogP contribution is -2.39. The van der Waals surface area contributed by atoms with Crippen molar-refractivity contribution in [3.05, 3.63) is 17.7 Å². The molecule has 1 fully saturated rings. The van der Waals surface area contributed by atoms with E-state index in [4.69, 9.17) is 0 Å². The maximum absolute atomic E-state index is 12.2. The average Bonchev–Trinajstić information content (AvgIpc) is 2.83. The average molecular weight is 347 g/mol. The van der Waals surface area contributed by atoms with E-state index in [1.165, 1.54) is 25.7 Å². The number of nitrogens with zero attached hydrogens (tertiary/aromatic N) is 3. The van der Waals surface area contributed by atoms with Gasteiger partial charge in [0.25, 0.3) is 0 Å². The number of amides is 3. The van der Waals surface area contributed by atoms with Gasteiger partial charge in [-0.15, -0.1) is 0 Å². The third-order valence-corrected chi connectivity index (χ3v) is 4.97. The predicted octanol–water partition coefficient (Wildman–Crippen LogP) is 1.81. The van der Waals surface area contributed by atoms with Gasteiger partial charge in [0.1, 0.15) is 5.82 Å². The number of carbonyl (C=O) groups is 2. The van der Waals surface area contributed by atoms with Gasteiger partial charge in [0.15, 0.2) is 0 Å². The van der Waals surface area contributed by atoms with E-state index >= 15 is 0 Å². The van der Waals surface area contributed by atoms with Crippen molar-refractivity contribution in [2.24, 2.45) is 0 Å². The predicted molar refractivity (Wildman–Crippen MR) is 95.1 cm³/mol. The Hall–Kier alpha value is -2.05. The zero-order valence-electron chi connectivity index (χ0n) is 14.9. The van der Waals surface area contributed by atoms with Crippen molar-refractivity contribution in [3.63, 3.8) is 0 Å². The summed E-state index contributed by atoms with van der Waals surface area (Å²) in [6, 6.07) is -0.241. The fourth-order valence-electron chi connectivity index (χ4n) is 3.55. The van der Waals surface area contributed by atoms with Gasteiger partial charge in [-0.2, -0.15) is 0 Å². The molecule has 1 aromatic heterocycles. The highest BCUT2D eigenvalue weighted by Crippen LogP contribution is 2.14. The van der Waals surface area contributed by atoms with Crippen molar-refractivity contribution >= 4 is 11.9 Å². The molecule has 0 aliphatic carbocycles. The summed E-state index contributed by atoms with van der Waals surface area (Å²) in [5, 5.41) is 5.59. The first-order valence-electron chi connectivity index (χ1n) is 9.57. The SMILES string of the molecule is O=C(NCCC(=O)N1CCCCCC1)NCc1cn2c(n1)CCCC2. The highest BCUT2D eigenvalue weighted by atomic mass is 16.2. The van der Waals surface area contributed by atoms with Gasteiger partial charge < -0.3 is 20.1 Å². The summed E-state index contributed by atoms with van der Waals surface area (Å²) in [5.74, 6) is 1.26. The first-order chi connectivity index (χ1) is 12.2. The maximum atomic E-state index is 12.2. The van der Waals surface area contributed by atoms with Crippen LogP contribution < -0.4 is 10.6 Å². The van der Waals surface area contributed by atoms with Crippen molar-refractivity contribution in [1.82, 2.24) is 25.1 Å². The molecule has 2 N–H and O–H groups in total. The van der Waals surface area contributed by atoms with Crippen LogP contribution in [0.2, 0.25) is 0 Å². The third-order valence-electron chi connectivity index (χ3n) is 4.97. The number of aryl methyl sites for hydroxylation is 2. The fourth-order valence-corrected chi connectivity index (χ4v) is 3.55. The van der Waals surface area contributed by atoms with Gasteiger partial charge in [-0.3, -0.25) is 4.79 Å². The molecule has 1 saturated heterocycles. The Labute approximate surface area is 149 Å². The van der Waals surface area contributed by atoms with E-state index in [0.717, 1.165) is 50.4 Å². The van der Waals surface area contributed by atoms with Crippen LogP contribution in [-0.4, -0.2) is 46.0 Å². The fraction of sp³-hybridized carbons (Fsp3) is 0.722. The second-order valence-electron chi connectivity index (χ2n) is 6.95. The number of carbonyl (C=O) groups excluding carboxylic acids is 2. The van der Waals surface area contributed by atoms with Crippen molar-refractivity contribution in [2.45, 2.75) is 64.5 Å². The van der Waals surface area contributed by atoms with Crippen LogP contribution in [0.1, 0.15) is 56.5 Å². The Morgan fingerprint density at radius 3 is 2.52 bits per heavy atom. The second-order valence-corrected chi connectivity index (χ2v) is 6.95. The normalized spacial score (nSPS) is 17.5. The van der Waals surface area contributed by atoms with Crippen LogP contribution in [0, 0.1) is 0 Å². The lowest BCUT2D eigenvalue weighted by atomic mass is 10.2. The number of imidazole rings is 1. The standard InChI is InChI=1S/C18H29N5O2/c24-17(22-10-4-1-2-5-11-22)8-9-19-18(25)20-13-15-14-23-12-6-3-7-16(23)21-15/h14H,1-13H2,(H2,19,20,25). The molecular formula is C18H29N5O2. The van der Waals surface area contributed by atoms with Gasteiger partial charge in [0.2, 0.25) is 5.91 Å². The molecule has 2 aliphatic rings. The van der Waals surface area contributed by atoms with Crippen molar-refractivity contribution < 1.29 is 9.59 Å². The molecule has 1 aromatic rings. The molecule has 0 unspecified atom stereocenters. The molecule has 0 bridgehead atoms. The summed E-state index contributed by atoms with van der Waals surface area (Å²) in [7, 11) is 0. The van der Waals surface area contributed by atoms with E-state index in [2.05, 4.69) is 20.2 Å². The number of urea groups is 1. The number of aromatic nitrogens is 2. The number of nitrogens with one attached hydrogen (secondary N) is 2. The summed E-state index contributed by atoms with van der Waals surface area (Å²) in [4.78, 5) is 30.5. The second kappa shape index (κ2) is 8.87. The van der Waals surface area contributed by atoms with Gasteiger partial charge >= 0.3 is 6.03 Å². The Morgan fingerprint density at radius 2 is 1.76 bits per heavy atom. The zero-order valence-corrected chi connectivity index (χ0v) is 14.9. The maximum Gasteiger partial charge on any atom is 0.315 e. The van der Waals surface area contributed by atoms with Crippen LogP contribution in [0.3, 0.4) is 0 Å². The minimum absolute atomic E-state index is 0.143. The van der Waals surface area contributed by atoms with E-state index in [-0.39, 0.29) is 11.9 Å². The van der Waals surface area contributed by atoms with Crippen molar-refractivity contribution in [2.75, 3.05) is 19.6 Å². The van der Waals surface area contributed by atoms with E-state index in [0.29, 0.717) is 19.5 Å². The van der Waals surface area contributed by atoms with Crippen molar-refractivity contribution in [3.8, 4) is 0 Å². The number of fused-ring (bicyclic) bond motifs is 1. The van der Waals surface area contributed by atoms with Gasteiger partial charge in [0, 0.05) is 45.2 Å². The van der Waals surface area contributed by atoms with Crippen LogP contribution in [0.15, 0.2) is 6.20 Å². The van der Waals surface area contributed by atoms with Crippen molar-refractivity contribution in [1.29, 1.82) is 0 Å². The zero-order chi connectivity index (χ0) is 17.5. The van der Waals surface area contributed by atoms with Crippen LogP contribution in [-0.2, 0) is 24.3 Å². The summed E-state index contributed by atoms with van der Waals surface area (Å²) in [6.07, 6.45) is 10.4. The number of hydrogen-bond acceptors (Lipinski definition) is 3. The van der Waals surface area contributed by atoms with Gasteiger partial charge in [-0.1, -0.05) is 12.8 Å². The van der Waals surface area contributed by atoms with Gasteiger partial charge in [-0.25, -0.2) is 9.78 Å².